The Morgan fingerprint density at radius 2 is 1.81 bits per heavy atom. The third kappa shape index (κ3) is 5.29. The fraction of sp³-hybridized carbons (Fsp3) is 0.176. The van der Waals surface area contributed by atoms with Gasteiger partial charge in [-0.1, -0.05) is 23.7 Å². The number of hydrazone groups is 1. The van der Waals surface area contributed by atoms with Crippen LogP contribution in [0.1, 0.15) is 5.56 Å². The average molecular weight is 396 g/mol. The summed E-state index contributed by atoms with van der Waals surface area (Å²) in [5, 5.41) is 4.39. The summed E-state index contributed by atoms with van der Waals surface area (Å²) in [6.45, 7) is -0.369. The molecule has 0 spiro atoms. The van der Waals surface area contributed by atoms with E-state index < -0.39 is 15.9 Å². The van der Waals surface area contributed by atoms with Gasteiger partial charge in [0, 0.05) is 12.1 Å². The maximum atomic E-state index is 12.4. The summed E-state index contributed by atoms with van der Waals surface area (Å²) < 4.78 is 30.8. The molecule has 0 radical (unpaired) electrons. The highest BCUT2D eigenvalue weighted by molar-refractivity contribution is 7.89. The molecule has 138 valence electrons. The van der Waals surface area contributed by atoms with E-state index in [0.717, 1.165) is 9.87 Å². The van der Waals surface area contributed by atoms with Gasteiger partial charge < -0.3 is 4.74 Å². The normalized spacial score (nSPS) is 11.7. The predicted molar refractivity (Wildman–Crippen MR) is 100.0 cm³/mol. The van der Waals surface area contributed by atoms with E-state index in [1.165, 1.54) is 44.6 Å². The second-order valence-corrected chi connectivity index (χ2v) is 7.76. The number of nitrogens with one attached hydrogen (secondary N) is 1. The zero-order valence-corrected chi connectivity index (χ0v) is 15.8. The molecule has 0 fully saturated rings. The summed E-state index contributed by atoms with van der Waals surface area (Å²) in [4.78, 5) is 12.0. The molecule has 7 nitrogen and oxygen atoms in total. The molecule has 0 aliphatic rings. The number of ether oxygens (including phenoxy) is 1. The van der Waals surface area contributed by atoms with Crippen molar-refractivity contribution in [2.45, 2.75) is 4.90 Å². The Hall–Kier alpha value is -2.42. The third-order valence-electron chi connectivity index (χ3n) is 3.41. The molecule has 0 saturated heterocycles. The number of nitrogens with zero attached hydrogens (tertiary/aromatic N) is 2. The molecular weight excluding hydrogens is 378 g/mol. The summed E-state index contributed by atoms with van der Waals surface area (Å²) in [5.74, 6) is -0.0179. The lowest BCUT2D eigenvalue weighted by Gasteiger charge is -2.16. The first-order valence-electron chi connectivity index (χ1n) is 7.51. The zero-order valence-electron chi connectivity index (χ0n) is 14.2. The monoisotopic (exact) mass is 395 g/mol. The van der Waals surface area contributed by atoms with Gasteiger partial charge >= 0.3 is 0 Å². The van der Waals surface area contributed by atoms with Gasteiger partial charge in [0.05, 0.1) is 24.8 Å². The molecule has 2 rings (SSSR count). The first-order chi connectivity index (χ1) is 12.3. The van der Waals surface area contributed by atoms with Crippen LogP contribution in [0.5, 0.6) is 5.75 Å². The van der Waals surface area contributed by atoms with Crippen molar-refractivity contribution < 1.29 is 17.9 Å². The highest BCUT2D eigenvalue weighted by atomic mass is 35.5. The van der Waals surface area contributed by atoms with Crippen LogP contribution in [0.4, 0.5) is 0 Å². The number of hydrogen-bond donors (Lipinski definition) is 1. The second-order valence-electron chi connectivity index (χ2n) is 5.28. The number of benzene rings is 2. The number of amides is 1. The third-order valence-corrected chi connectivity index (χ3v) is 5.48. The standard InChI is InChI=1S/C17H18ClN3O4S/c1-21(26(23,24)16-9-7-15(25-2)8-10-16)12-17(22)20-19-11-13-3-5-14(18)6-4-13/h3-11H,12H2,1-2H3,(H,20,22)/b19-11-. The van der Waals surface area contributed by atoms with E-state index in [0.29, 0.717) is 10.8 Å². The SMILES string of the molecule is COc1ccc(S(=O)(=O)N(C)CC(=O)N/N=C\c2ccc(Cl)cc2)cc1. The fourth-order valence-electron chi connectivity index (χ4n) is 1.98. The Labute approximate surface area is 157 Å². The van der Waals surface area contributed by atoms with E-state index in [1.807, 2.05) is 0 Å². The molecule has 26 heavy (non-hydrogen) atoms. The Balaban J connectivity index is 1.95. The Bertz CT molecular complexity index is 881. The van der Waals surface area contributed by atoms with Gasteiger partial charge in [0.1, 0.15) is 5.75 Å². The number of rotatable bonds is 7. The van der Waals surface area contributed by atoms with Crippen LogP contribution in [-0.4, -0.2) is 45.5 Å². The van der Waals surface area contributed by atoms with Crippen LogP contribution >= 0.6 is 11.6 Å². The lowest BCUT2D eigenvalue weighted by atomic mass is 10.2. The van der Waals surface area contributed by atoms with Crippen molar-refractivity contribution in [2.24, 2.45) is 5.10 Å². The molecule has 0 atom stereocenters. The Morgan fingerprint density at radius 3 is 2.38 bits per heavy atom. The lowest BCUT2D eigenvalue weighted by molar-refractivity contribution is -0.121. The highest BCUT2D eigenvalue weighted by Gasteiger charge is 2.22. The topological polar surface area (TPSA) is 88.1 Å². The van der Waals surface area contributed by atoms with Crippen molar-refractivity contribution in [3.63, 3.8) is 0 Å². The Morgan fingerprint density at radius 1 is 1.19 bits per heavy atom. The molecule has 9 heteroatoms. The first-order valence-corrected chi connectivity index (χ1v) is 9.32. The predicted octanol–water partition coefficient (Wildman–Crippen LogP) is 2.12. The number of carbonyl (C=O) groups excluding carboxylic acids is 1. The summed E-state index contributed by atoms with van der Waals surface area (Å²) in [7, 11) is -0.978. The van der Waals surface area contributed by atoms with Crippen molar-refractivity contribution in [2.75, 3.05) is 20.7 Å². The fourth-order valence-corrected chi connectivity index (χ4v) is 3.23. The number of sulfonamides is 1. The minimum absolute atomic E-state index is 0.0678. The minimum atomic E-state index is -3.79. The molecule has 1 N–H and O–H groups in total. The van der Waals surface area contributed by atoms with E-state index in [2.05, 4.69) is 10.5 Å². The van der Waals surface area contributed by atoms with Crippen LogP contribution in [0.3, 0.4) is 0 Å². The number of hydrogen-bond acceptors (Lipinski definition) is 5. The van der Waals surface area contributed by atoms with E-state index in [1.54, 1.807) is 24.3 Å². The van der Waals surface area contributed by atoms with Crippen molar-refractivity contribution in [1.29, 1.82) is 0 Å². The van der Waals surface area contributed by atoms with Crippen molar-refractivity contribution in [3.8, 4) is 5.75 Å². The maximum absolute atomic E-state index is 12.4. The van der Waals surface area contributed by atoms with Gasteiger partial charge in [-0.05, 0) is 42.0 Å². The van der Waals surface area contributed by atoms with Crippen molar-refractivity contribution in [3.05, 3.63) is 59.1 Å². The van der Waals surface area contributed by atoms with Crippen LogP contribution in [0.15, 0.2) is 58.5 Å². The van der Waals surface area contributed by atoms with Crippen molar-refractivity contribution in [1.82, 2.24) is 9.73 Å². The summed E-state index contributed by atoms with van der Waals surface area (Å²) in [6, 6.07) is 12.8. The zero-order chi connectivity index (χ0) is 19.2. The number of likely N-dealkylation sites (N-methyl/N-ethyl adjacent to an activating group) is 1. The van der Waals surface area contributed by atoms with Gasteiger partial charge in [-0.2, -0.15) is 9.41 Å². The molecule has 2 aromatic rings. The summed E-state index contributed by atoms with van der Waals surface area (Å²) in [6.07, 6.45) is 1.44. The molecule has 0 aromatic heterocycles. The first kappa shape index (κ1) is 19.9. The lowest BCUT2D eigenvalue weighted by Crippen LogP contribution is -2.36. The van der Waals surface area contributed by atoms with E-state index in [-0.39, 0.29) is 11.4 Å². The molecule has 1 amide bonds. The van der Waals surface area contributed by atoms with Crippen LogP contribution < -0.4 is 10.2 Å². The van der Waals surface area contributed by atoms with Gasteiger partial charge in [-0.3, -0.25) is 4.79 Å². The van der Waals surface area contributed by atoms with Crippen LogP contribution in [0.2, 0.25) is 5.02 Å². The quantitative estimate of drug-likeness (QED) is 0.574. The van der Waals surface area contributed by atoms with Gasteiger partial charge in [-0.15, -0.1) is 0 Å². The van der Waals surface area contributed by atoms with Gasteiger partial charge in [-0.25, -0.2) is 13.8 Å². The molecule has 0 aliphatic carbocycles. The smallest absolute Gasteiger partial charge is 0.255 e. The second kappa shape index (κ2) is 8.79. The van der Waals surface area contributed by atoms with Gasteiger partial charge in [0.25, 0.3) is 5.91 Å². The van der Waals surface area contributed by atoms with E-state index in [9.17, 15) is 13.2 Å². The Kier molecular flexibility index (Phi) is 6.73. The van der Waals surface area contributed by atoms with E-state index in [4.69, 9.17) is 16.3 Å². The molecule has 0 saturated carbocycles. The van der Waals surface area contributed by atoms with Crippen LogP contribution in [0, 0.1) is 0 Å². The largest absolute Gasteiger partial charge is 0.497 e. The molecule has 2 aromatic carbocycles. The number of halogens is 1. The van der Waals surface area contributed by atoms with Crippen molar-refractivity contribution >= 4 is 33.7 Å². The van der Waals surface area contributed by atoms with Crippen LogP contribution in [0.25, 0.3) is 0 Å². The van der Waals surface area contributed by atoms with Crippen LogP contribution in [-0.2, 0) is 14.8 Å². The van der Waals surface area contributed by atoms with E-state index >= 15 is 0 Å². The molecule has 0 unspecified atom stereocenters. The molecule has 0 aliphatic heterocycles. The minimum Gasteiger partial charge on any atom is -0.497 e. The maximum Gasteiger partial charge on any atom is 0.255 e. The van der Waals surface area contributed by atoms with Gasteiger partial charge in [0.15, 0.2) is 0 Å². The summed E-state index contributed by atoms with van der Waals surface area (Å²) >= 11 is 5.78. The van der Waals surface area contributed by atoms with Gasteiger partial charge in [0.2, 0.25) is 10.0 Å². The summed E-state index contributed by atoms with van der Waals surface area (Å²) in [5.41, 5.74) is 3.03. The molecule has 0 heterocycles. The highest BCUT2D eigenvalue weighted by Crippen LogP contribution is 2.18. The number of carbonyl (C=O) groups is 1. The number of methoxy groups -OCH3 is 1. The molecule has 0 bridgehead atoms. The molecular formula is C17H18ClN3O4S. The average Bonchev–Trinajstić information content (AvgIpc) is 2.63.